The zero-order chi connectivity index (χ0) is 11.3. The second kappa shape index (κ2) is 4.94. The van der Waals surface area contributed by atoms with Gasteiger partial charge in [-0.1, -0.05) is 0 Å². The van der Waals surface area contributed by atoms with Gasteiger partial charge in [-0.3, -0.25) is 9.59 Å². The van der Waals surface area contributed by atoms with Gasteiger partial charge in [0.2, 0.25) is 0 Å². The van der Waals surface area contributed by atoms with Crippen molar-refractivity contribution < 1.29 is 14.3 Å². The summed E-state index contributed by atoms with van der Waals surface area (Å²) in [6, 6.07) is 4.47. The number of hydrogen-bond donors (Lipinski definition) is 1. The van der Waals surface area contributed by atoms with E-state index in [0.29, 0.717) is 0 Å². The lowest BCUT2D eigenvalue weighted by Gasteiger charge is -2.04. The lowest BCUT2D eigenvalue weighted by Crippen LogP contribution is -2.38. The molecule has 1 aromatic rings. The number of ether oxygens (including phenoxy) is 1. The number of carbonyl (C=O) groups excluding carboxylic acids is 2. The molecule has 0 aromatic carbocycles. The molecule has 15 heavy (non-hydrogen) atoms. The lowest BCUT2D eigenvalue weighted by molar-refractivity contribution is -0.139. The van der Waals surface area contributed by atoms with Crippen LogP contribution in [0.5, 0.6) is 0 Å². The summed E-state index contributed by atoms with van der Waals surface area (Å²) in [6.07, 6.45) is 1.19. The molecule has 79 valence electrons. The minimum atomic E-state index is -0.692. The molecular weight excluding hydrogens is 200 g/mol. The number of hydrogen-bond acceptors (Lipinski definition) is 4. The van der Waals surface area contributed by atoms with Crippen molar-refractivity contribution in [1.82, 2.24) is 9.88 Å². The van der Waals surface area contributed by atoms with Crippen molar-refractivity contribution in [3.8, 4) is 0 Å². The molecule has 0 atom stereocenters. The van der Waals surface area contributed by atoms with E-state index in [0.717, 1.165) is 4.57 Å². The van der Waals surface area contributed by atoms with Crippen LogP contribution in [-0.2, 0) is 9.53 Å². The topological polar surface area (TPSA) is 77.4 Å². The fourth-order valence-corrected chi connectivity index (χ4v) is 0.845. The first kappa shape index (κ1) is 11.0. The van der Waals surface area contributed by atoms with Crippen LogP contribution in [0, 0.1) is 6.07 Å². The summed E-state index contributed by atoms with van der Waals surface area (Å²) in [6.45, 7) is -0.281. The highest BCUT2D eigenvalue weighted by molar-refractivity contribution is 5.81. The maximum absolute atomic E-state index is 11.3. The van der Waals surface area contributed by atoms with E-state index < -0.39 is 17.6 Å². The zero-order valence-corrected chi connectivity index (χ0v) is 8.02. The maximum atomic E-state index is 11.3. The molecule has 1 aromatic heterocycles. The van der Waals surface area contributed by atoms with Gasteiger partial charge in [-0.05, 0) is 6.07 Å². The van der Waals surface area contributed by atoms with Crippen LogP contribution in [0.4, 0.5) is 4.79 Å². The minimum Gasteiger partial charge on any atom is -0.468 e. The quantitative estimate of drug-likeness (QED) is 0.658. The summed E-state index contributed by atoms with van der Waals surface area (Å²) in [5.41, 5.74) is -0.490. The highest BCUT2D eigenvalue weighted by Crippen LogP contribution is 1.81. The first-order chi connectivity index (χ1) is 7.15. The Hall–Kier alpha value is -2.11. The number of esters is 1. The van der Waals surface area contributed by atoms with Gasteiger partial charge in [0.1, 0.15) is 6.54 Å². The van der Waals surface area contributed by atoms with Crippen molar-refractivity contribution in [3.63, 3.8) is 0 Å². The predicted octanol–water partition coefficient (Wildman–Crippen LogP) is -0.621. The smallest absolute Gasteiger partial charge is 0.329 e. The van der Waals surface area contributed by atoms with E-state index in [4.69, 9.17) is 0 Å². The number of rotatable bonds is 2. The Morgan fingerprint density at radius 3 is 2.93 bits per heavy atom. The van der Waals surface area contributed by atoms with E-state index in [9.17, 15) is 14.4 Å². The maximum Gasteiger partial charge on any atom is 0.329 e. The number of nitrogens with zero attached hydrogens (tertiary/aromatic N) is 1. The minimum absolute atomic E-state index is 0.281. The number of aromatic nitrogens is 1. The van der Waals surface area contributed by atoms with E-state index in [2.05, 4.69) is 16.1 Å². The molecule has 6 heteroatoms. The van der Waals surface area contributed by atoms with Gasteiger partial charge in [-0.2, -0.15) is 0 Å². The van der Waals surface area contributed by atoms with Crippen LogP contribution in [0.2, 0.25) is 0 Å². The van der Waals surface area contributed by atoms with E-state index in [1.165, 1.54) is 25.4 Å². The second-order valence-electron chi connectivity index (χ2n) is 2.57. The molecule has 1 radical (unpaired) electrons. The summed E-state index contributed by atoms with van der Waals surface area (Å²) in [5, 5.41) is 2.22. The summed E-state index contributed by atoms with van der Waals surface area (Å²) in [7, 11) is 1.21. The Kier molecular flexibility index (Phi) is 3.61. The number of methoxy groups -OCH3 is 1. The van der Waals surface area contributed by atoms with Crippen molar-refractivity contribution in [1.29, 1.82) is 0 Å². The third kappa shape index (κ3) is 2.94. The third-order valence-electron chi connectivity index (χ3n) is 1.59. The highest BCUT2D eigenvalue weighted by Gasteiger charge is 2.07. The average molecular weight is 209 g/mol. The van der Waals surface area contributed by atoms with Gasteiger partial charge >= 0.3 is 12.0 Å². The van der Waals surface area contributed by atoms with E-state index in [-0.39, 0.29) is 6.54 Å². The van der Waals surface area contributed by atoms with Gasteiger partial charge in [0.25, 0.3) is 5.56 Å². The van der Waals surface area contributed by atoms with E-state index >= 15 is 0 Å². The van der Waals surface area contributed by atoms with Crippen LogP contribution in [0.25, 0.3) is 0 Å². The summed E-state index contributed by atoms with van der Waals surface area (Å²) >= 11 is 0. The molecular formula is C9H9N2O4. The molecule has 0 aliphatic carbocycles. The number of amides is 1. The van der Waals surface area contributed by atoms with Gasteiger partial charge in [-0.15, -0.1) is 0 Å². The van der Waals surface area contributed by atoms with Gasteiger partial charge < -0.3 is 10.1 Å². The molecule has 6 nitrogen and oxygen atoms in total. The Morgan fingerprint density at radius 1 is 1.60 bits per heavy atom. The fraction of sp³-hybridized carbons (Fsp3) is 0.222. The molecule has 0 unspecified atom stereocenters. The molecule has 0 aliphatic rings. The molecule has 0 saturated carbocycles. The highest BCUT2D eigenvalue weighted by atomic mass is 16.5. The van der Waals surface area contributed by atoms with Crippen LogP contribution < -0.4 is 10.9 Å². The second-order valence-corrected chi connectivity index (χ2v) is 2.57. The number of nitrogens with one attached hydrogen (secondary N) is 1. The number of carbonyl (C=O) groups is 2. The van der Waals surface area contributed by atoms with Crippen LogP contribution >= 0.6 is 0 Å². The van der Waals surface area contributed by atoms with Crippen molar-refractivity contribution in [3.05, 3.63) is 34.7 Å². The summed E-state index contributed by atoms with van der Waals surface area (Å²) in [4.78, 5) is 33.2. The fourth-order valence-electron chi connectivity index (χ4n) is 0.845. The van der Waals surface area contributed by atoms with Gasteiger partial charge in [-0.25, -0.2) is 9.36 Å². The standard InChI is InChI=1S/C9H9N2O4/c1-15-8(13)6-10-9(14)11-5-3-2-4-7(11)12/h2,4-5H,6H2,1H3,(H,10,14). The van der Waals surface area contributed by atoms with Crippen molar-refractivity contribution in [2.75, 3.05) is 13.7 Å². The average Bonchev–Trinajstić information content (AvgIpc) is 2.26. The van der Waals surface area contributed by atoms with Crippen molar-refractivity contribution in [2.24, 2.45) is 0 Å². The predicted molar refractivity (Wildman–Crippen MR) is 50.4 cm³/mol. The van der Waals surface area contributed by atoms with Crippen molar-refractivity contribution in [2.45, 2.75) is 0 Å². The Bertz CT molecular complexity index is 424. The number of pyridine rings is 1. The van der Waals surface area contributed by atoms with E-state index in [1.807, 2.05) is 0 Å². The first-order valence-electron chi connectivity index (χ1n) is 4.09. The molecule has 0 fully saturated rings. The van der Waals surface area contributed by atoms with Gasteiger partial charge in [0, 0.05) is 18.3 Å². The van der Waals surface area contributed by atoms with Gasteiger partial charge in [0.05, 0.1) is 7.11 Å². The van der Waals surface area contributed by atoms with Crippen LogP contribution in [0.15, 0.2) is 23.1 Å². The Labute approximate surface area is 85.5 Å². The van der Waals surface area contributed by atoms with Crippen LogP contribution in [0.1, 0.15) is 0 Å². The molecule has 0 spiro atoms. The molecule has 1 heterocycles. The molecule has 0 saturated heterocycles. The first-order valence-corrected chi connectivity index (χ1v) is 4.09. The molecule has 1 N–H and O–H groups in total. The molecule has 0 aliphatic heterocycles. The SMILES string of the molecule is COC(=O)CNC(=O)n1c[c]ccc1=O. The molecule has 1 rings (SSSR count). The van der Waals surface area contributed by atoms with E-state index in [1.54, 1.807) is 0 Å². The Morgan fingerprint density at radius 2 is 2.33 bits per heavy atom. The lowest BCUT2D eigenvalue weighted by atomic mass is 10.5. The van der Waals surface area contributed by atoms with Crippen molar-refractivity contribution >= 4 is 12.0 Å². The largest absolute Gasteiger partial charge is 0.468 e. The van der Waals surface area contributed by atoms with Crippen LogP contribution in [-0.4, -0.2) is 30.2 Å². The monoisotopic (exact) mass is 209 g/mol. The third-order valence-corrected chi connectivity index (χ3v) is 1.59. The summed E-state index contributed by atoms with van der Waals surface area (Å²) in [5.74, 6) is -0.587. The zero-order valence-electron chi connectivity index (χ0n) is 8.02. The normalized spacial score (nSPS) is 9.40. The van der Waals surface area contributed by atoms with Gasteiger partial charge in [0.15, 0.2) is 0 Å². The summed E-state index contributed by atoms with van der Waals surface area (Å²) < 4.78 is 5.13. The Balaban J connectivity index is 2.66. The molecule has 0 bridgehead atoms. The molecule has 1 amide bonds. The van der Waals surface area contributed by atoms with Crippen LogP contribution in [0.3, 0.4) is 0 Å².